The molecule has 2 aromatic rings. The highest BCUT2D eigenvalue weighted by molar-refractivity contribution is 7.92. The number of aryl methyl sites for hydroxylation is 1. The average molecular weight is 301 g/mol. The quantitative estimate of drug-likeness (QED) is 0.752. The Hall–Kier alpha value is -1.73. The van der Waals surface area contributed by atoms with Crippen LogP contribution in [-0.4, -0.2) is 18.6 Å². The third kappa shape index (κ3) is 2.99. The van der Waals surface area contributed by atoms with Crippen LogP contribution < -0.4 is 10.5 Å². The van der Waals surface area contributed by atoms with Crippen LogP contribution >= 0.6 is 11.6 Å². The second kappa shape index (κ2) is 5.10. The van der Waals surface area contributed by atoms with Crippen molar-refractivity contribution in [2.75, 3.05) is 10.5 Å². The summed E-state index contributed by atoms with van der Waals surface area (Å²) in [6, 6.07) is 5.84. The van der Waals surface area contributed by atoms with Crippen LogP contribution in [0.25, 0.3) is 0 Å². The van der Waals surface area contributed by atoms with Gasteiger partial charge in [-0.3, -0.25) is 9.82 Å². The van der Waals surface area contributed by atoms with Crippen LogP contribution in [0.3, 0.4) is 0 Å². The fraction of sp³-hybridized carbons (Fsp3) is 0.182. The number of H-pyrrole nitrogens is 1. The Kier molecular flexibility index (Phi) is 3.68. The number of hydrogen-bond acceptors (Lipinski definition) is 4. The smallest absolute Gasteiger partial charge is 0.265 e. The van der Waals surface area contributed by atoms with Crippen LogP contribution in [0.5, 0.6) is 0 Å². The van der Waals surface area contributed by atoms with E-state index in [9.17, 15) is 8.42 Å². The minimum atomic E-state index is -3.77. The Morgan fingerprint density at radius 3 is 2.74 bits per heavy atom. The molecule has 0 amide bonds. The number of nitrogens with one attached hydrogen (secondary N) is 2. The number of aromatic nitrogens is 2. The van der Waals surface area contributed by atoms with Crippen molar-refractivity contribution in [3.8, 4) is 0 Å². The lowest BCUT2D eigenvalue weighted by atomic mass is 10.3. The van der Waals surface area contributed by atoms with Gasteiger partial charge in [-0.1, -0.05) is 18.5 Å². The molecule has 0 radical (unpaired) electrons. The Morgan fingerprint density at radius 2 is 2.16 bits per heavy atom. The topological polar surface area (TPSA) is 101 Å². The number of anilines is 2. The fourth-order valence-corrected chi connectivity index (χ4v) is 2.84. The minimum absolute atomic E-state index is 0.0297. The van der Waals surface area contributed by atoms with E-state index in [1.54, 1.807) is 6.07 Å². The fourth-order valence-electron chi connectivity index (χ4n) is 1.55. The molecule has 0 unspecified atom stereocenters. The van der Waals surface area contributed by atoms with E-state index in [1.165, 1.54) is 18.2 Å². The maximum Gasteiger partial charge on any atom is 0.265 e. The number of aromatic amines is 1. The molecule has 4 N–H and O–H groups in total. The predicted molar refractivity (Wildman–Crippen MR) is 74.6 cm³/mol. The maximum atomic E-state index is 12.1. The number of nitrogens with zero attached hydrogens (tertiary/aromatic N) is 1. The predicted octanol–water partition coefficient (Wildman–Crippen LogP) is 2.01. The standard InChI is InChI=1S/C11H13ClN4O2S/c1-2-8-6-11(15-14-8)16-19(17,18)10-4-3-7(12)5-9(10)13/h3-6H,2,13H2,1H3,(H2,14,15,16). The molecule has 0 aliphatic heterocycles. The van der Waals surface area contributed by atoms with Gasteiger partial charge < -0.3 is 5.73 Å². The number of benzene rings is 1. The highest BCUT2D eigenvalue weighted by Crippen LogP contribution is 2.24. The van der Waals surface area contributed by atoms with Gasteiger partial charge in [0.2, 0.25) is 0 Å². The molecule has 8 heteroatoms. The van der Waals surface area contributed by atoms with Crippen LogP contribution in [-0.2, 0) is 16.4 Å². The Labute approximate surface area is 116 Å². The monoisotopic (exact) mass is 300 g/mol. The van der Waals surface area contributed by atoms with Crippen molar-refractivity contribution in [2.24, 2.45) is 0 Å². The van der Waals surface area contributed by atoms with E-state index >= 15 is 0 Å². The second-order valence-corrected chi connectivity index (χ2v) is 6.01. The first-order chi connectivity index (χ1) is 8.92. The summed E-state index contributed by atoms with van der Waals surface area (Å²) >= 11 is 5.74. The van der Waals surface area contributed by atoms with Crippen molar-refractivity contribution in [1.82, 2.24) is 10.2 Å². The van der Waals surface area contributed by atoms with E-state index in [0.717, 1.165) is 12.1 Å². The first kappa shape index (κ1) is 13.7. The molecular weight excluding hydrogens is 288 g/mol. The molecule has 19 heavy (non-hydrogen) atoms. The van der Waals surface area contributed by atoms with Crippen LogP contribution in [0.1, 0.15) is 12.6 Å². The molecule has 0 fully saturated rings. The van der Waals surface area contributed by atoms with Gasteiger partial charge in [0.1, 0.15) is 4.90 Å². The minimum Gasteiger partial charge on any atom is -0.398 e. The zero-order valence-electron chi connectivity index (χ0n) is 10.1. The Bertz CT molecular complexity index is 696. The highest BCUT2D eigenvalue weighted by atomic mass is 35.5. The van der Waals surface area contributed by atoms with E-state index in [2.05, 4.69) is 14.9 Å². The van der Waals surface area contributed by atoms with Crippen molar-refractivity contribution in [3.63, 3.8) is 0 Å². The second-order valence-electron chi connectivity index (χ2n) is 3.92. The molecular formula is C11H13ClN4O2S. The molecule has 1 aromatic carbocycles. The van der Waals surface area contributed by atoms with Crippen LogP contribution in [0.2, 0.25) is 5.02 Å². The number of hydrogen-bond donors (Lipinski definition) is 3. The van der Waals surface area contributed by atoms with Crippen molar-refractivity contribution >= 4 is 33.1 Å². The number of halogens is 1. The normalized spacial score (nSPS) is 11.5. The van der Waals surface area contributed by atoms with Gasteiger partial charge in [-0.25, -0.2) is 8.42 Å². The molecule has 0 saturated heterocycles. The van der Waals surface area contributed by atoms with Gasteiger partial charge in [0.25, 0.3) is 10.0 Å². The van der Waals surface area contributed by atoms with E-state index in [4.69, 9.17) is 17.3 Å². The largest absolute Gasteiger partial charge is 0.398 e. The lowest BCUT2D eigenvalue weighted by molar-refractivity contribution is 0.601. The van der Waals surface area contributed by atoms with Gasteiger partial charge >= 0.3 is 0 Å². The zero-order chi connectivity index (χ0) is 14.0. The van der Waals surface area contributed by atoms with Crippen LogP contribution in [0.15, 0.2) is 29.2 Å². The summed E-state index contributed by atoms with van der Waals surface area (Å²) in [5.41, 5.74) is 6.58. The molecule has 102 valence electrons. The summed E-state index contributed by atoms with van der Waals surface area (Å²) in [5, 5.41) is 6.97. The van der Waals surface area contributed by atoms with Crippen LogP contribution in [0.4, 0.5) is 11.5 Å². The third-order valence-corrected chi connectivity index (χ3v) is 4.18. The Morgan fingerprint density at radius 1 is 1.42 bits per heavy atom. The molecule has 0 aliphatic carbocycles. The van der Waals surface area contributed by atoms with Crippen molar-refractivity contribution in [3.05, 3.63) is 35.0 Å². The summed E-state index contributed by atoms with van der Waals surface area (Å²) in [6.07, 6.45) is 0.734. The first-order valence-corrected chi connectivity index (χ1v) is 7.40. The molecule has 6 nitrogen and oxygen atoms in total. The van der Waals surface area contributed by atoms with E-state index in [1.807, 2.05) is 6.92 Å². The Balaban J connectivity index is 2.32. The zero-order valence-corrected chi connectivity index (χ0v) is 11.7. The molecule has 1 aromatic heterocycles. The van der Waals surface area contributed by atoms with Crippen molar-refractivity contribution in [2.45, 2.75) is 18.2 Å². The number of nitrogens with two attached hydrogens (primary N) is 1. The summed E-state index contributed by atoms with van der Waals surface area (Å²) in [4.78, 5) is -0.0297. The number of sulfonamides is 1. The summed E-state index contributed by atoms with van der Waals surface area (Å²) in [6.45, 7) is 1.93. The van der Waals surface area contributed by atoms with Gasteiger partial charge in [0.15, 0.2) is 5.82 Å². The summed E-state index contributed by atoms with van der Waals surface area (Å²) in [5.74, 6) is 0.228. The highest BCUT2D eigenvalue weighted by Gasteiger charge is 2.18. The van der Waals surface area contributed by atoms with Crippen LogP contribution in [0, 0.1) is 0 Å². The van der Waals surface area contributed by atoms with E-state index < -0.39 is 10.0 Å². The third-order valence-electron chi connectivity index (χ3n) is 2.51. The molecule has 0 saturated carbocycles. The van der Waals surface area contributed by atoms with Crippen molar-refractivity contribution in [1.29, 1.82) is 0 Å². The molecule has 0 spiro atoms. The van der Waals surface area contributed by atoms with E-state index in [0.29, 0.717) is 5.02 Å². The van der Waals surface area contributed by atoms with E-state index in [-0.39, 0.29) is 16.4 Å². The molecule has 0 atom stereocenters. The lowest BCUT2D eigenvalue weighted by Gasteiger charge is -2.08. The first-order valence-electron chi connectivity index (χ1n) is 5.54. The van der Waals surface area contributed by atoms with Gasteiger partial charge in [-0.05, 0) is 24.6 Å². The molecule has 0 aliphatic rings. The SMILES string of the molecule is CCc1cc(NS(=O)(=O)c2ccc(Cl)cc2N)n[nH]1. The summed E-state index contributed by atoms with van der Waals surface area (Å²) in [7, 11) is -3.77. The number of rotatable bonds is 4. The number of nitrogen functional groups attached to an aromatic ring is 1. The average Bonchev–Trinajstić information content (AvgIpc) is 2.75. The van der Waals surface area contributed by atoms with Gasteiger partial charge in [-0.2, -0.15) is 5.10 Å². The van der Waals surface area contributed by atoms with Crippen molar-refractivity contribution < 1.29 is 8.42 Å². The molecule has 1 heterocycles. The van der Waals surface area contributed by atoms with Gasteiger partial charge in [0.05, 0.1) is 5.69 Å². The molecule has 2 rings (SSSR count). The maximum absolute atomic E-state index is 12.1. The van der Waals surface area contributed by atoms with Gasteiger partial charge in [-0.15, -0.1) is 0 Å². The summed E-state index contributed by atoms with van der Waals surface area (Å²) < 4.78 is 26.6. The molecule has 0 bridgehead atoms. The lowest BCUT2D eigenvalue weighted by Crippen LogP contribution is -2.15. The van der Waals surface area contributed by atoms with Gasteiger partial charge in [0, 0.05) is 16.8 Å².